The number of likely N-dealkylation sites (tertiary alicyclic amines) is 1. The second-order valence-electron chi connectivity index (χ2n) is 6.95. The summed E-state index contributed by atoms with van der Waals surface area (Å²) in [6, 6.07) is -0.0896. The van der Waals surface area contributed by atoms with Crippen molar-refractivity contribution in [3.63, 3.8) is 0 Å². The van der Waals surface area contributed by atoms with E-state index >= 15 is 0 Å². The van der Waals surface area contributed by atoms with Gasteiger partial charge in [0.15, 0.2) is 5.78 Å². The van der Waals surface area contributed by atoms with Gasteiger partial charge in [0.25, 0.3) is 0 Å². The third-order valence-corrected chi connectivity index (χ3v) is 4.55. The SMILES string of the molecule is CC1CCN(C(=O)OC(C)(C)C)C(CC(=O)c2cncs2)C1. The number of hydrogen-bond acceptors (Lipinski definition) is 5. The summed E-state index contributed by atoms with van der Waals surface area (Å²) in [6.45, 7) is 8.38. The van der Waals surface area contributed by atoms with Crippen LogP contribution in [0, 0.1) is 5.92 Å². The fourth-order valence-electron chi connectivity index (χ4n) is 2.67. The largest absolute Gasteiger partial charge is 0.444 e. The van der Waals surface area contributed by atoms with E-state index in [0.717, 1.165) is 12.8 Å². The lowest BCUT2D eigenvalue weighted by Gasteiger charge is -2.38. The fourth-order valence-corrected chi connectivity index (χ4v) is 3.25. The zero-order chi connectivity index (χ0) is 16.3. The van der Waals surface area contributed by atoms with Gasteiger partial charge in [-0.3, -0.25) is 9.78 Å². The Hall–Kier alpha value is -1.43. The van der Waals surface area contributed by atoms with Crippen LogP contribution in [0.2, 0.25) is 0 Å². The number of nitrogens with zero attached hydrogens (tertiary/aromatic N) is 2. The fraction of sp³-hybridized carbons (Fsp3) is 0.688. The number of ether oxygens (including phenoxy) is 1. The molecule has 1 aliphatic heterocycles. The van der Waals surface area contributed by atoms with E-state index in [1.807, 2.05) is 20.8 Å². The molecule has 122 valence electrons. The van der Waals surface area contributed by atoms with Gasteiger partial charge in [-0.15, -0.1) is 11.3 Å². The number of thiazole rings is 1. The molecule has 0 radical (unpaired) electrons. The van der Waals surface area contributed by atoms with Gasteiger partial charge in [-0.1, -0.05) is 6.92 Å². The molecule has 6 heteroatoms. The van der Waals surface area contributed by atoms with Crippen LogP contribution in [0.5, 0.6) is 0 Å². The summed E-state index contributed by atoms with van der Waals surface area (Å²) in [5.74, 6) is 0.563. The van der Waals surface area contributed by atoms with E-state index in [4.69, 9.17) is 4.74 Å². The smallest absolute Gasteiger partial charge is 0.410 e. The Morgan fingerprint density at radius 1 is 1.45 bits per heavy atom. The summed E-state index contributed by atoms with van der Waals surface area (Å²) in [7, 11) is 0. The van der Waals surface area contributed by atoms with Crippen molar-refractivity contribution in [1.29, 1.82) is 0 Å². The van der Waals surface area contributed by atoms with Crippen LogP contribution in [-0.4, -0.2) is 39.9 Å². The normalized spacial score (nSPS) is 22.5. The Kier molecular flexibility index (Phi) is 5.21. The van der Waals surface area contributed by atoms with Gasteiger partial charge in [-0.2, -0.15) is 0 Å². The van der Waals surface area contributed by atoms with Crippen LogP contribution in [0.15, 0.2) is 11.7 Å². The number of piperidine rings is 1. The monoisotopic (exact) mass is 324 g/mol. The minimum Gasteiger partial charge on any atom is -0.444 e. The van der Waals surface area contributed by atoms with Crippen molar-refractivity contribution < 1.29 is 14.3 Å². The summed E-state index contributed by atoms with van der Waals surface area (Å²) in [5.41, 5.74) is 1.13. The third kappa shape index (κ3) is 4.53. The molecule has 1 saturated heterocycles. The van der Waals surface area contributed by atoms with E-state index < -0.39 is 5.60 Å². The standard InChI is InChI=1S/C16H24N2O3S/c1-11-5-6-18(15(20)21-16(2,3)4)12(7-11)8-13(19)14-9-17-10-22-14/h9-12H,5-8H2,1-4H3. The molecule has 0 aromatic carbocycles. The molecule has 1 aromatic heterocycles. The molecule has 1 fully saturated rings. The van der Waals surface area contributed by atoms with Gasteiger partial charge in [0.1, 0.15) is 5.60 Å². The lowest BCUT2D eigenvalue weighted by molar-refractivity contribution is 0.00516. The van der Waals surface area contributed by atoms with E-state index in [0.29, 0.717) is 23.8 Å². The van der Waals surface area contributed by atoms with Crippen LogP contribution in [0.3, 0.4) is 0 Å². The predicted molar refractivity (Wildman–Crippen MR) is 86.2 cm³/mol. The van der Waals surface area contributed by atoms with Crippen molar-refractivity contribution in [3.05, 3.63) is 16.6 Å². The molecule has 2 atom stereocenters. The molecule has 0 aliphatic carbocycles. The summed E-state index contributed by atoms with van der Waals surface area (Å²) in [4.78, 5) is 31.0. The minimum atomic E-state index is -0.521. The van der Waals surface area contributed by atoms with E-state index in [1.54, 1.807) is 16.6 Å². The van der Waals surface area contributed by atoms with Crippen molar-refractivity contribution in [1.82, 2.24) is 9.88 Å². The highest BCUT2D eigenvalue weighted by Gasteiger charge is 2.34. The summed E-state index contributed by atoms with van der Waals surface area (Å²) < 4.78 is 5.48. The van der Waals surface area contributed by atoms with E-state index in [-0.39, 0.29) is 17.9 Å². The van der Waals surface area contributed by atoms with Crippen LogP contribution in [0.25, 0.3) is 0 Å². The van der Waals surface area contributed by atoms with Crippen molar-refractivity contribution in [2.45, 2.75) is 58.6 Å². The number of hydrogen-bond donors (Lipinski definition) is 0. The van der Waals surface area contributed by atoms with E-state index in [1.165, 1.54) is 11.3 Å². The number of Topliss-reactive ketones (excluding diaryl/α,β-unsaturated/α-hetero) is 1. The average molecular weight is 324 g/mol. The topological polar surface area (TPSA) is 59.5 Å². The lowest BCUT2D eigenvalue weighted by Crippen LogP contribution is -2.48. The number of ketones is 1. The molecule has 1 amide bonds. The Morgan fingerprint density at radius 3 is 2.77 bits per heavy atom. The molecular weight excluding hydrogens is 300 g/mol. The van der Waals surface area contributed by atoms with Crippen molar-refractivity contribution in [2.75, 3.05) is 6.54 Å². The highest BCUT2D eigenvalue weighted by Crippen LogP contribution is 2.27. The van der Waals surface area contributed by atoms with Crippen molar-refractivity contribution >= 4 is 23.2 Å². The van der Waals surface area contributed by atoms with Crippen LogP contribution in [0.4, 0.5) is 4.79 Å². The first-order valence-electron chi connectivity index (χ1n) is 7.67. The number of carbonyl (C=O) groups excluding carboxylic acids is 2. The zero-order valence-electron chi connectivity index (χ0n) is 13.7. The molecule has 1 aromatic rings. The Balaban J connectivity index is 2.06. The number of rotatable bonds is 3. The molecule has 0 saturated carbocycles. The maximum atomic E-state index is 12.4. The van der Waals surface area contributed by atoms with E-state index in [2.05, 4.69) is 11.9 Å². The molecule has 2 unspecified atom stereocenters. The number of amides is 1. The Morgan fingerprint density at radius 2 is 2.18 bits per heavy atom. The quantitative estimate of drug-likeness (QED) is 0.795. The molecule has 0 bridgehead atoms. The second-order valence-corrected chi connectivity index (χ2v) is 7.84. The Bertz CT molecular complexity index is 522. The molecule has 2 heterocycles. The van der Waals surface area contributed by atoms with Gasteiger partial charge < -0.3 is 9.64 Å². The van der Waals surface area contributed by atoms with Crippen LogP contribution in [0.1, 0.15) is 56.6 Å². The Labute approximate surface area is 135 Å². The van der Waals surface area contributed by atoms with Crippen molar-refractivity contribution in [3.8, 4) is 0 Å². The van der Waals surface area contributed by atoms with Gasteiger partial charge in [0.05, 0.1) is 10.4 Å². The first kappa shape index (κ1) is 16.9. The first-order valence-corrected chi connectivity index (χ1v) is 8.55. The second kappa shape index (κ2) is 6.77. The van der Waals surface area contributed by atoms with E-state index in [9.17, 15) is 9.59 Å². The zero-order valence-corrected chi connectivity index (χ0v) is 14.5. The lowest BCUT2D eigenvalue weighted by atomic mass is 9.90. The minimum absolute atomic E-state index is 0.0511. The molecule has 0 spiro atoms. The predicted octanol–water partition coefficient (Wildman–Crippen LogP) is 3.75. The van der Waals surface area contributed by atoms with Crippen LogP contribution < -0.4 is 0 Å². The van der Waals surface area contributed by atoms with Crippen LogP contribution in [-0.2, 0) is 4.74 Å². The highest BCUT2D eigenvalue weighted by atomic mass is 32.1. The molecular formula is C16H24N2O3S. The summed E-state index contributed by atoms with van der Waals surface area (Å²) >= 11 is 1.34. The maximum absolute atomic E-state index is 12.4. The molecule has 5 nitrogen and oxygen atoms in total. The summed E-state index contributed by atoms with van der Waals surface area (Å²) in [6.07, 6.45) is 3.40. The van der Waals surface area contributed by atoms with Crippen LogP contribution >= 0.6 is 11.3 Å². The molecule has 1 aliphatic rings. The molecule has 2 rings (SSSR count). The average Bonchev–Trinajstić information content (AvgIpc) is 2.90. The number of carbonyl (C=O) groups is 2. The highest BCUT2D eigenvalue weighted by molar-refractivity contribution is 7.11. The van der Waals surface area contributed by atoms with Crippen molar-refractivity contribution in [2.24, 2.45) is 5.92 Å². The van der Waals surface area contributed by atoms with Gasteiger partial charge in [-0.25, -0.2) is 4.79 Å². The molecule has 22 heavy (non-hydrogen) atoms. The molecule has 0 N–H and O–H groups in total. The number of aromatic nitrogens is 1. The van der Waals surface area contributed by atoms with Gasteiger partial charge in [0.2, 0.25) is 0 Å². The summed E-state index contributed by atoms with van der Waals surface area (Å²) in [5, 5.41) is 0. The maximum Gasteiger partial charge on any atom is 0.410 e. The first-order chi connectivity index (χ1) is 10.3. The third-order valence-electron chi connectivity index (χ3n) is 3.73. The van der Waals surface area contributed by atoms with Gasteiger partial charge in [0, 0.05) is 25.2 Å². The van der Waals surface area contributed by atoms with Gasteiger partial charge >= 0.3 is 6.09 Å². The van der Waals surface area contributed by atoms with Gasteiger partial charge in [-0.05, 0) is 39.5 Å².